The van der Waals surface area contributed by atoms with Gasteiger partial charge in [0, 0.05) is 36.0 Å². The second kappa shape index (κ2) is 9.23. The van der Waals surface area contributed by atoms with Crippen molar-refractivity contribution in [2.45, 2.75) is 29.6 Å². The zero-order valence-corrected chi connectivity index (χ0v) is 19.2. The first-order chi connectivity index (χ1) is 14.6. The van der Waals surface area contributed by atoms with Crippen molar-refractivity contribution in [1.82, 2.24) is 9.80 Å². The number of carbonyl (C=O) groups is 1. The molecule has 3 heterocycles. The zero-order valence-electron chi connectivity index (χ0n) is 17.5. The zero-order chi connectivity index (χ0) is 20.7. The summed E-state index contributed by atoms with van der Waals surface area (Å²) in [7, 11) is 0. The second-order valence-corrected chi connectivity index (χ2v) is 9.25. The number of rotatable bonds is 3. The number of cyclic esters (lactones) is 1. The molecule has 0 aromatic heterocycles. The van der Waals surface area contributed by atoms with Gasteiger partial charge in [0.15, 0.2) is 0 Å². The van der Waals surface area contributed by atoms with Gasteiger partial charge in [-0.05, 0) is 54.7 Å². The Morgan fingerprint density at radius 3 is 2.55 bits per heavy atom. The normalized spacial score (nSPS) is 18.4. The molecule has 0 spiro atoms. The molecule has 2 saturated heterocycles. The minimum absolute atomic E-state index is 0. The number of hydrogen-bond donors (Lipinski definition) is 0. The van der Waals surface area contributed by atoms with E-state index in [1.165, 1.54) is 27.2 Å². The molecule has 164 valence electrons. The van der Waals surface area contributed by atoms with E-state index in [2.05, 4.69) is 30.0 Å². The summed E-state index contributed by atoms with van der Waals surface area (Å²) in [4.78, 5) is 18.1. The highest BCUT2D eigenvalue weighted by atomic mass is 35.5. The van der Waals surface area contributed by atoms with Gasteiger partial charge in [0.05, 0.1) is 6.54 Å². The lowest BCUT2D eigenvalue weighted by atomic mass is 9.87. The van der Waals surface area contributed by atoms with Crippen molar-refractivity contribution in [3.63, 3.8) is 0 Å². The number of hydrogen-bond acceptors (Lipinski definition) is 4. The summed E-state index contributed by atoms with van der Waals surface area (Å²) < 4.78 is 18.9. The van der Waals surface area contributed by atoms with Crippen molar-refractivity contribution >= 4 is 35.8 Å². The maximum Gasteiger partial charge on any atom is 0.409 e. The Kier molecular flexibility index (Phi) is 6.60. The highest BCUT2D eigenvalue weighted by Crippen LogP contribution is 2.48. The van der Waals surface area contributed by atoms with E-state index in [0.717, 1.165) is 49.5 Å². The van der Waals surface area contributed by atoms with Gasteiger partial charge in [0.2, 0.25) is 0 Å². The lowest BCUT2D eigenvalue weighted by Gasteiger charge is -2.32. The fraction of sp³-hybridized carbons (Fsp3) is 0.375. The fourth-order valence-electron chi connectivity index (χ4n) is 4.55. The van der Waals surface area contributed by atoms with E-state index >= 15 is 0 Å². The summed E-state index contributed by atoms with van der Waals surface area (Å²) in [6.07, 6.45) is 1.80. The number of aryl methyl sites for hydroxylation is 1. The van der Waals surface area contributed by atoms with E-state index in [4.69, 9.17) is 4.74 Å². The maximum absolute atomic E-state index is 13.9. The molecule has 0 aliphatic carbocycles. The van der Waals surface area contributed by atoms with Gasteiger partial charge in [-0.15, -0.1) is 12.4 Å². The summed E-state index contributed by atoms with van der Waals surface area (Å²) in [6.45, 7) is 6.89. The molecule has 31 heavy (non-hydrogen) atoms. The van der Waals surface area contributed by atoms with Gasteiger partial charge in [-0.2, -0.15) is 0 Å². The largest absolute Gasteiger partial charge is 0.448 e. The van der Waals surface area contributed by atoms with Gasteiger partial charge < -0.3 is 14.5 Å². The molecule has 1 amide bonds. The summed E-state index contributed by atoms with van der Waals surface area (Å²) in [5.74, 6) is -0.184. The predicted octanol–water partition coefficient (Wildman–Crippen LogP) is 5.37. The number of halogens is 2. The third-order valence-corrected chi connectivity index (χ3v) is 7.32. The number of amides is 1. The Labute approximate surface area is 192 Å². The van der Waals surface area contributed by atoms with Crippen LogP contribution < -0.4 is 0 Å². The van der Waals surface area contributed by atoms with Crippen molar-refractivity contribution in [3.05, 3.63) is 64.5 Å². The molecular weight excluding hydrogens is 435 g/mol. The van der Waals surface area contributed by atoms with Gasteiger partial charge in [0.25, 0.3) is 0 Å². The third kappa shape index (κ3) is 4.47. The number of benzene rings is 2. The Morgan fingerprint density at radius 2 is 1.81 bits per heavy atom. The predicted molar refractivity (Wildman–Crippen MR) is 124 cm³/mol. The number of carbonyl (C=O) groups excluding carboxylic acids is 1. The molecule has 2 fully saturated rings. The highest BCUT2D eigenvalue weighted by Gasteiger charge is 2.27. The summed E-state index contributed by atoms with van der Waals surface area (Å²) in [5.41, 5.74) is 6.43. The van der Waals surface area contributed by atoms with Crippen molar-refractivity contribution < 1.29 is 13.9 Å². The molecule has 0 bridgehead atoms. The van der Waals surface area contributed by atoms with Gasteiger partial charge in [-0.3, -0.25) is 0 Å². The number of fused-ring (bicyclic) bond motifs is 2. The van der Waals surface area contributed by atoms with Crippen molar-refractivity contribution in [3.8, 4) is 0 Å². The molecule has 0 N–H and O–H groups in total. The standard InChI is InChI=1S/C24H25FN2O2S.ClH/c1-16-2-5-21-20(14-16)23(19-4-3-18(25)15-22(19)30-21)17-6-8-26(9-7-17)10-11-27-12-13-29-24(27)28;/h2-5,14-15H,6-13H2,1H3;1H. The van der Waals surface area contributed by atoms with Crippen molar-refractivity contribution in [2.24, 2.45) is 0 Å². The molecule has 4 nitrogen and oxygen atoms in total. The first-order valence-electron chi connectivity index (χ1n) is 10.5. The van der Waals surface area contributed by atoms with E-state index in [9.17, 15) is 9.18 Å². The van der Waals surface area contributed by atoms with Crippen LogP contribution in [-0.2, 0) is 4.74 Å². The van der Waals surface area contributed by atoms with Crippen molar-refractivity contribution in [1.29, 1.82) is 0 Å². The molecule has 0 atom stereocenters. The topological polar surface area (TPSA) is 32.8 Å². The van der Waals surface area contributed by atoms with E-state index in [1.807, 2.05) is 6.07 Å². The van der Waals surface area contributed by atoms with Crippen LogP contribution in [0.1, 0.15) is 29.5 Å². The van der Waals surface area contributed by atoms with Crippen LogP contribution in [0.2, 0.25) is 0 Å². The van der Waals surface area contributed by atoms with Crippen LogP contribution in [0.15, 0.2) is 51.8 Å². The fourth-order valence-corrected chi connectivity index (χ4v) is 5.64. The highest BCUT2D eigenvalue weighted by molar-refractivity contribution is 7.99. The molecule has 5 rings (SSSR count). The van der Waals surface area contributed by atoms with Crippen LogP contribution in [0.3, 0.4) is 0 Å². The first-order valence-corrected chi connectivity index (χ1v) is 11.3. The van der Waals surface area contributed by atoms with Crippen LogP contribution >= 0.6 is 24.2 Å². The Morgan fingerprint density at radius 1 is 1.00 bits per heavy atom. The summed E-state index contributed by atoms with van der Waals surface area (Å²) in [5, 5.41) is 0. The Bertz CT molecular complexity index is 1030. The molecule has 3 aliphatic rings. The van der Waals surface area contributed by atoms with Crippen LogP contribution in [-0.4, -0.2) is 55.2 Å². The van der Waals surface area contributed by atoms with Crippen LogP contribution in [0.25, 0.3) is 5.57 Å². The van der Waals surface area contributed by atoms with E-state index in [1.54, 1.807) is 28.8 Å². The van der Waals surface area contributed by atoms with E-state index < -0.39 is 0 Å². The lowest BCUT2D eigenvalue weighted by molar-refractivity contribution is 0.152. The van der Waals surface area contributed by atoms with Crippen molar-refractivity contribution in [2.75, 3.05) is 39.3 Å². The number of ether oxygens (including phenoxy) is 1. The van der Waals surface area contributed by atoms with Crippen LogP contribution in [0.4, 0.5) is 9.18 Å². The Balaban J connectivity index is 0.00000231. The molecule has 0 saturated carbocycles. The molecule has 0 unspecified atom stereocenters. The summed E-state index contributed by atoms with van der Waals surface area (Å²) >= 11 is 1.66. The summed E-state index contributed by atoms with van der Waals surface area (Å²) in [6, 6.07) is 11.7. The minimum atomic E-state index is -0.190. The lowest BCUT2D eigenvalue weighted by Crippen LogP contribution is -2.38. The Hall–Kier alpha value is -2.02. The number of nitrogens with zero attached hydrogens (tertiary/aromatic N) is 2. The number of piperidine rings is 1. The molecule has 3 aliphatic heterocycles. The monoisotopic (exact) mass is 460 g/mol. The minimum Gasteiger partial charge on any atom is -0.448 e. The van der Waals surface area contributed by atoms with Gasteiger partial charge >= 0.3 is 6.09 Å². The molecule has 7 heteroatoms. The third-order valence-electron chi connectivity index (χ3n) is 6.18. The molecule has 0 radical (unpaired) electrons. The van der Waals surface area contributed by atoms with Gasteiger partial charge in [-0.25, -0.2) is 9.18 Å². The average molecular weight is 461 g/mol. The number of likely N-dealkylation sites (tertiary alicyclic amines) is 1. The quantitative estimate of drug-likeness (QED) is 0.526. The van der Waals surface area contributed by atoms with Crippen LogP contribution in [0.5, 0.6) is 0 Å². The second-order valence-electron chi connectivity index (χ2n) is 8.16. The maximum atomic E-state index is 13.9. The molecular formula is C24H26ClFN2O2S. The first kappa shape index (κ1) is 22.2. The van der Waals surface area contributed by atoms with Gasteiger partial charge in [-0.1, -0.05) is 41.1 Å². The van der Waals surface area contributed by atoms with E-state index in [0.29, 0.717) is 13.2 Å². The SMILES string of the molecule is Cc1ccc2c(c1)C(=C1CCN(CCN3CCOC3=O)CC1)c1ccc(F)cc1S2.Cl. The smallest absolute Gasteiger partial charge is 0.409 e. The molecule has 2 aromatic rings. The average Bonchev–Trinajstić information content (AvgIpc) is 3.16. The van der Waals surface area contributed by atoms with E-state index in [-0.39, 0.29) is 24.3 Å². The van der Waals surface area contributed by atoms with Gasteiger partial charge in [0.1, 0.15) is 12.4 Å². The van der Waals surface area contributed by atoms with Crippen LogP contribution in [0, 0.1) is 12.7 Å². The molecule has 2 aromatic carbocycles.